The standard InChI is InChI=1S/C14H13NO4S2/c16-12(17)6-3-7-19-10-5-2-1-4-9(10)8-11-13(18)15-14(20)21-11/h1-2,4-5,8H,3,6-7H2,(H,16,17)(H,15,18,20). The van der Waals surface area contributed by atoms with Gasteiger partial charge in [-0.3, -0.25) is 9.59 Å². The van der Waals surface area contributed by atoms with Crippen LogP contribution < -0.4 is 10.1 Å². The Kier molecular flexibility index (Phi) is 5.35. The molecule has 21 heavy (non-hydrogen) atoms. The number of nitrogens with one attached hydrogen (secondary N) is 1. The molecule has 1 aromatic carbocycles. The number of hydrogen-bond donors (Lipinski definition) is 2. The summed E-state index contributed by atoms with van der Waals surface area (Å²) in [5.74, 6) is -0.450. The summed E-state index contributed by atoms with van der Waals surface area (Å²) in [6.07, 6.45) is 2.21. The molecule has 0 aromatic heterocycles. The molecule has 1 saturated heterocycles. The van der Waals surface area contributed by atoms with Gasteiger partial charge in [0.2, 0.25) is 0 Å². The van der Waals surface area contributed by atoms with Gasteiger partial charge in [0.15, 0.2) is 0 Å². The van der Waals surface area contributed by atoms with E-state index in [1.54, 1.807) is 12.1 Å². The molecule has 0 aliphatic carbocycles. The minimum atomic E-state index is -0.846. The van der Waals surface area contributed by atoms with Crippen LogP contribution in [0.1, 0.15) is 18.4 Å². The Balaban J connectivity index is 2.06. The lowest BCUT2D eigenvalue weighted by Gasteiger charge is -2.08. The van der Waals surface area contributed by atoms with Gasteiger partial charge in [0.25, 0.3) is 5.91 Å². The molecule has 0 atom stereocenters. The fourth-order valence-electron chi connectivity index (χ4n) is 1.70. The zero-order valence-electron chi connectivity index (χ0n) is 11.0. The van der Waals surface area contributed by atoms with Gasteiger partial charge in [-0.2, -0.15) is 0 Å². The van der Waals surface area contributed by atoms with Gasteiger partial charge < -0.3 is 15.2 Å². The number of amides is 1. The number of carbonyl (C=O) groups is 2. The van der Waals surface area contributed by atoms with Crippen molar-refractivity contribution in [2.75, 3.05) is 6.61 Å². The maximum Gasteiger partial charge on any atom is 0.303 e. The summed E-state index contributed by atoms with van der Waals surface area (Å²) in [7, 11) is 0. The molecule has 0 unspecified atom stereocenters. The first-order chi connectivity index (χ1) is 10.1. The van der Waals surface area contributed by atoms with Gasteiger partial charge in [-0.1, -0.05) is 42.2 Å². The second-order valence-electron chi connectivity index (χ2n) is 4.24. The molecule has 110 valence electrons. The smallest absolute Gasteiger partial charge is 0.303 e. The predicted octanol–water partition coefficient (Wildman–Crippen LogP) is 2.42. The van der Waals surface area contributed by atoms with Crippen molar-refractivity contribution in [3.63, 3.8) is 0 Å². The van der Waals surface area contributed by atoms with E-state index in [9.17, 15) is 9.59 Å². The maximum atomic E-state index is 11.6. The predicted molar refractivity (Wildman–Crippen MR) is 85.1 cm³/mol. The maximum absolute atomic E-state index is 11.6. The molecule has 0 saturated carbocycles. The lowest BCUT2D eigenvalue weighted by Crippen LogP contribution is -2.17. The molecule has 2 N–H and O–H groups in total. The van der Waals surface area contributed by atoms with Crippen molar-refractivity contribution in [3.8, 4) is 5.75 Å². The van der Waals surface area contributed by atoms with E-state index in [4.69, 9.17) is 22.1 Å². The molecule has 7 heteroatoms. The molecule has 0 radical (unpaired) electrons. The SMILES string of the molecule is O=C(O)CCCOc1ccccc1C=C1SC(=S)NC1=O. The number of carboxylic acids is 1. The van der Waals surface area contributed by atoms with Crippen LogP contribution in [-0.4, -0.2) is 27.9 Å². The summed E-state index contributed by atoms with van der Waals surface area (Å²) in [4.78, 5) is 22.6. The highest BCUT2D eigenvalue weighted by Crippen LogP contribution is 2.29. The fraction of sp³-hybridized carbons (Fsp3) is 0.214. The Morgan fingerprint density at radius 1 is 1.43 bits per heavy atom. The first kappa shape index (κ1) is 15.5. The van der Waals surface area contributed by atoms with Crippen LogP contribution in [0.25, 0.3) is 6.08 Å². The van der Waals surface area contributed by atoms with Crippen molar-refractivity contribution >= 4 is 46.3 Å². The van der Waals surface area contributed by atoms with Gasteiger partial charge in [-0.15, -0.1) is 0 Å². The molecule has 0 bridgehead atoms. The summed E-state index contributed by atoms with van der Waals surface area (Å²) < 4.78 is 6.01. The van der Waals surface area contributed by atoms with Crippen LogP contribution in [0.3, 0.4) is 0 Å². The van der Waals surface area contributed by atoms with E-state index in [-0.39, 0.29) is 12.3 Å². The molecule has 1 amide bonds. The lowest BCUT2D eigenvalue weighted by molar-refractivity contribution is -0.137. The number of carbonyl (C=O) groups excluding carboxylic acids is 1. The Hall–Kier alpha value is -1.86. The first-order valence-corrected chi connectivity index (χ1v) is 7.47. The second kappa shape index (κ2) is 7.24. The molecular formula is C14H13NO4S2. The molecule has 1 aliphatic heterocycles. The van der Waals surface area contributed by atoms with Crippen molar-refractivity contribution in [2.45, 2.75) is 12.8 Å². The summed E-state index contributed by atoms with van der Waals surface area (Å²) in [5.41, 5.74) is 0.759. The van der Waals surface area contributed by atoms with E-state index in [2.05, 4.69) is 5.32 Å². The molecule has 2 rings (SSSR count). The van der Waals surface area contributed by atoms with Crippen LogP contribution in [0.4, 0.5) is 0 Å². The molecule has 1 aliphatic rings. The molecule has 1 aromatic rings. The number of benzene rings is 1. The highest BCUT2D eigenvalue weighted by molar-refractivity contribution is 8.26. The van der Waals surface area contributed by atoms with E-state index in [1.165, 1.54) is 11.8 Å². The Bertz CT molecular complexity index is 613. The van der Waals surface area contributed by atoms with Crippen LogP contribution in [0.15, 0.2) is 29.2 Å². The third kappa shape index (κ3) is 4.57. The third-order valence-corrected chi connectivity index (χ3v) is 3.80. The van der Waals surface area contributed by atoms with Crippen molar-refractivity contribution in [2.24, 2.45) is 0 Å². The number of thioether (sulfide) groups is 1. The van der Waals surface area contributed by atoms with Crippen LogP contribution in [-0.2, 0) is 9.59 Å². The topological polar surface area (TPSA) is 75.6 Å². The van der Waals surface area contributed by atoms with E-state index in [0.29, 0.717) is 28.0 Å². The summed E-state index contributed by atoms with van der Waals surface area (Å²) in [6.45, 7) is 0.310. The van der Waals surface area contributed by atoms with Gasteiger partial charge in [-0.05, 0) is 18.6 Å². The van der Waals surface area contributed by atoms with Gasteiger partial charge in [0.05, 0.1) is 11.5 Å². The highest BCUT2D eigenvalue weighted by Gasteiger charge is 2.22. The monoisotopic (exact) mass is 323 g/mol. The highest BCUT2D eigenvalue weighted by atomic mass is 32.2. The number of hydrogen-bond acceptors (Lipinski definition) is 5. The molecule has 5 nitrogen and oxygen atoms in total. The lowest BCUT2D eigenvalue weighted by atomic mass is 10.2. The molecule has 0 spiro atoms. The zero-order valence-corrected chi connectivity index (χ0v) is 12.6. The number of para-hydroxylation sites is 1. The first-order valence-electron chi connectivity index (χ1n) is 6.25. The summed E-state index contributed by atoms with van der Waals surface area (Å²) >= 11 is 6.14. The Labute approximate surface area is 131 Å². The fourth-order valence-corrected chi connectivity index (χ4v) is 2.73. The van der Waals surface area contributed by atoms with Crippen LogP contribution in [0.2, 0.25) is 0 Å². The van der Waals surface area contributed by atoms with E-state index in [0.717, 1.165) is 5.56 Å². The number of ether oxygens (including phenoxy) is 1. The summed E-state index contributed by atoms with van der Waals surface area (Å²) in [5, 5.41) is 11.1. The van der Waals surface area contributed by atoms with Crippen molar-refractivity contribution < 1.29 is 19.4 Å². The van der Waals surface area contributed by atoms with E-state index < -0.39 is 5.97 Å². The largest absolute Gasteiger partial charge is 0.493 e. The normalized spacial score (nSPS) is 16.1. The quantitative estimate of drug-likeness (QED) is 0.476. The minimum Gasteiger partial charge on any atom is -0.493 e. The van der Waals surface area contributed by atoms with Crippen molar-refractivity contribution in [1.29, 1.82) is 0 Å². The van der Waals surface area contributed by atoms with Crippen molar-refractivity contribution in [3.05, 3.63) is 34.7 Å². The minimum absolute atomic E-state index is 0.0653. The van der Waals surface area contributed by atoms with Crippen LogP contribution >= 0.6 is 24.0 Å². The zero-order chi connectivity index (χ0) is 15.2. The number of rotatable bonds is 6. The van der Waals surface area contributed by atoms with E-state index in [1.807, 2.05) is 18.2 Å². The third-order valence-electron chi connectivity index (χ3n) is 2.64. The van der Waals surface area contributed by atoms with Gasteiger partial charge in [-0.25, -0.2) is 0 Å². The summed E-state index contributed by atoms with van der Waals surface area (Å²) in [6, 6.07) is 7.27. The molecule has 1 heterocycles. The average molecular weight is 323 g/mol. The molecule has 1 fully saturated rings. The van der Waals surface area contributed by atoms with Crippen molar-refractivity contribution in [1.82, 2.24) is 5.32 Å². The Morgan fingerprint density at radius 3 is 2.86 bits per heavy atom. The number of aliphatic carboxylic acids is 1. The van der Waals surface area contributed by atoms with Crippen LogP contribution in [0.5, 0.6) is 5.75 Å². The van der Waals surface area contributed by atoms with Gasteiger partial charge in [0, 0.05) is 12.0 Å². The van der Waals surface area contributed by atoms with E-state index >= 15 is 0 Å². The second-order valence-corrected chi connectivity index (χ2v) is 5.95. The number of thiocarbonyl (C=S) groups is 1. The average Bonchev–Trinajstić information content (AvgIpc) is 2.74. The molecular weight excluding hydrogens is 310 g/mol. The van der Waals surface area contributed by atoms with Crippen LogP contribution in [0, 0.1) is 0 Å². The Morgan fingerprint density at radius 2 is 2.19 bits per heavy atom. The van der Waals surface area contributed by atoms with Gasteiger partial charge in [0.1, 0.15) is 10.1 Å². The number of carboxylic acid groups (broad SMARTS) is 1. The van der Waals surface area contributed by atoms with Gasteiger partial charge >= 0.3 is 5.97 Å².